The second-order valence-corrected chi connectivity index (χ2v) is 13.3. The summed E-state index contributed by atoms with van der Waals surface area (Å²) in [5.41, 5.74) is 5.69. The van der Waals surface area contributed by atoms with E-state index in [-0.39, 0.29) is 53.2 Å². The predicted molar refractivity (Wildman–Crippen MR) is 148 cm³/mol. The maximum Gasteiger partial charge on any atom is 0.252 e. The Bertz CT molecular complexity index is 1630. The lowest BCUT2D eigenvalue weighted by Gasteiger charge is -2.29. The van der Waals surface area contributed by atoms with Crippen LogP contribution in [0.2, 0.25) is 5.02 Å². The zero-order valence-corrected chi connectivity index (χ0v) is 23.4. The molecule has 1 fully saturated rings. The van der Waals surface area contributed by atoms with E-state index in [1.54, 1.807) is 29.2 Å². The second-order valence-electron chi connectivity index (χ2n) is 10.8. The van der Waals surface area contributed by atoms with E-state index in [4.69, 9.17) is 21.8 Å². The quantitative estimate of drug-likeness (QED) is 0.427. The van der Waals surface area contributed by atoms with Gasteiger partial charge in [0.15, 0.2) is 15.4 Å². The zero-order chi connectivity index (χ0) is 29.0. The number of nitrogens with zero attached hydrogens (tertiary/aromatic N) is 4. The van der Waals surface area contributed by atoms with Crippen molar-refractivity contribution in [3.8, 4) is 0 Å². The SMILES string of the molecule is N[C@@H]1CN(Cc2ccc(Cl)cc2)c2cc(C3(c4nnc(C5CCCC(F)(F)C5)o4)C=CC=N3)c(F)cc2S(=O)(=O)C1. The van der Waals surface area contributed by atoms with Crippen LogP contribution in [-0.4, -0.2) is 49.1 Å². The Morgan fingerprint density at radius 2 is 1.95 bits per heavy atom. The summed E-state index contributed by atoms with van der Waals surface area (Å²) in [6.45, 7) is 0.470. The van der Waals surface area contributed by atoms with E-state index in [1.807, 2.05) is 12.1 Å². The van der Waals surface area contributed by atoms with Crippen LogP contribution in [0.15, 0.2) is 62.9 Å². The minimum absolute atomic E-state index is 0.0165. The number of sulfone groups is 1. The molecule has 1 aliphatic carbocycles. The number of aliphatic imine (C=N–C) groups is 1. The first kappa shape index (κ1) is 27.9. The molecule has 0 amide bonds. The molecule has 2 N–H and O–H groups in total. The normalized spacial score (nSPS) is 26.6. The number of alkyl halides is 2. The number of aromatic nitrogens is 2. The molecule has 3 aliphatic rings. The zero-order valence-electron chi connectivity index (χ0n) is 21.8. The maximum absolute atomic E-state index is 16.0. The van der Waals surface area contributed by atoms with Gasteiger partial charge in [0.2, 0.25) is 11.8 Å². The van der Waals surface area contributed by atoms with E-state index in [0.717, 1.165) is 11.6 Å². The van der Waals surface area contributed by atoms with Gasteiger partial charge in [-0.25, -0.2) is 21.6 Å². The van der Waals surface area contributed by atoms with Crippen molar-refractivity contribution in [1.29, 1.82) is 0 Å². The molecule has 3 aromatic rings. The van der Waals surface area contributed by atoms with Gasteiger partial charge in [0.1, 0.15) is 5.82 Å². The Hall–Kier alpha value is -3.22. The molecule has 0 bridgehead atoms. The molecular formula is C28H27ClF3N5O3S. The van der Waals surface area contributed by atoms with E-state index in [1.165, 1.54) is 12.3 Å². The average molecular weight is 606 g/mol. The predicted octanol–water partition coefficient (Wildman–Crippen LogP) is 5.16. The highest BCUT2D eigenvalue weighted by molar-refractivity contribution is 7.91. The van der Waals surface area contributed by atoms with Gasteiger partial charge in [0.05, 0.1) is 16.3 Å². The first-order valence-corrected chi connectivity index (χ1v) is 15.3. The topological polar surface area (TPSA) is 115 Å². The smallest absolute Gasteiger partial charge is 0.252 e. The van der Waals surface area contributed by atoms with Crippen LogP contribution in [0.3, 0.4) is 0 Å². The highest BCUT2D eigenvalue weighted by atomic mass is 35.5. The monoisotopic (exact) mass is 605 g/mol. The molecule has 1 aromatic heterocycles. The van der Waals surface area contributed by atoms with Gasteiger partial charge in [0.25, 0.3) is 5.89 Å². The Kier molecular flexibility index (Phi) is 6.98. The number of anilines is 1. The van der Waals surface area contributed by atoms with E-state index >= 15 is 4.39 Å². The Balaban J connectivity index is 1.45. The maximum atomic E-state index is 16.0. The molecule has 2 aliphatic heterocycles. The minimum atomic E-state index is -3.93. The molecule has 6 rings (SSSR count). The largest absolute Gasteiger partial charge is 0.422 e. The molecule has 1 saturated carbocycles. The van der Waals surface area contributed by atoms with Crippen molar-refractivity contribution in [3.05, 3.63) is 82.3 Å². The first-order chi connectivity index (χ1) is 19.5. The van der Waals surface area contributed by atoms with Gasteiger partial charge >= 0.3 is 0 Å². The molecule has 0 spiro atoms. The first-order valence-electron chi connectivity index (χ1n) is 13.2. The number of rotatable bonds is 5. The van der Waals surface area contributed by atoms with E-state index in [2.05, 4.69) is 15.2 Å². The van der Waals surface area contributed by atoms with Crippen molar-refractivity contribution < 1.29 is 26.0 Å². The van der Waals surface area contributed by atoms with Gasteiger partial charge in [-0.3, -0.25) is 4.99 Å². The molecule has 0 saturated heterocycles. The third-order valence-corrected chi connectivity index (χ3v) is 9.88. The average Bonchev–Trinajstić information content (AvgIpc) is 3.58. The fourth-order valence-electron chi connectivity index (χ4n) is 5.82. The molecule has 2 aromatic carbocycles. The summed E-state index contributed by atoms with van der Waals surface area (Å²) in [7, 11) is -3.93. The molecule has 3 atom stereocenters. The fourth-order valence-corrected chi connectivity index (χ4v) is 7.58. The van der Waals surface area contributed by atoms with Crippen LogP contribution in [-0.2, 0) is 21.9 Å². The van der Waals surface area contributed by atoms with Gasteiger partial charge in [-0.2, -0.15) is 0 Å². The summed E-state index contributed by atoms with van der Waals surface area (Å²) in [5, 5.41) is 8.72. The molecule has 2 unspecified atom stereocenters. The summed E-state index contributed by atoms with van der Waals surface area (Å²) in [4.78, 5) is 6.08. The van der Waals surface area contributed by atoms with Crippen molar-refractivity contribution >= 4 is 33.3 Å². The van der Waals surface area contributed by atoms with Gasteiger partial charge in [0, 0.05) is 54.7 Å². The van der Waals surface area contributed by atoms with Crippen LogP contribution >= 0.6 is 11.6 Å². The van der Waals surface area contributed by atoms with Crippen LogP contribution in [0.25, 0.3) is 0 Å². The summed E-state index contributed by atoms with van der Waals surface area (Å²) in [6.07, 6.45) is 4.77. The summed E-state index contributed by atoms with van der Waals surface area (Å²) >= 11 is 6.04. The van der Waals surface area contributed by atoms with Gasteiger partial charge in [-0.05, 0) is 54.8 Å². The number of fused-ring (bicyclic) bond motifs is 1. The van der Waals surface area contributed by atoms with Crippen LogP contribution < -0.4 is 10.6 Å². The lowest BCUT2D eigenvalue weighted by Crippen LogP contribution is -2.39. The lowest BCUT2D eigenvalue weighted by molar-refractivity contribution is -0.0436. The lowest BCUT2D eigenvalue weighted by atomic mass is 9.86. The second kappa shape index (κ2) is 10.2. The Morgan fingerprint density at radius 3 is 2.66 bits per heavy atom. The highest BCUT2D eigenvalue weighted by Crippen LogP contribution is 2.45. The van der Waals surface area contributed by atoms with Crippen molar-refractivity contribution in [2.75, 3.05) is 17.2 Å². The van der Waals surface area contributed by atoms with E-state index < -0.39 is 45.5 Å². The van der Waals surface area contributed by atoms with Gasteiger partial charge < -0.3 is 15.1 Å². The van der Waals surface area contributed by atoms with E-state index in [0.29, 0.717) is 17.9 Å². The molecule has 3 heterocycles. The summed E-state index contributed by atoms with van der Waals surface area (Å²) in [6, 6.07) is 8.78. The number of nitrogens with two attached hydrogens (primary N) is 1. The third-order valence-electron chi connectivity index (χ3n) is 7.77. The number of hydrogen-bond acceptors (Lipinski definition) is 8. The third kappa shape index (κ3) is 5.28. The van der Waals surface area contributed by atoms with Gasteiger partial charge in [-0.15, -0.1) is 10.2 Å². The van der Waals surface area contributed by atoms with Crippen molar-refractivity contribution in [2.45, 2.75) is 60.5 Å². The molecule has 216 valence electrons. The molecule has 0 radical (unpaired) electrons. The van der Waals surface area contributed by atoms with Crippen LogP contribution in [0.5, 0.6) is 0 Å². The number of hydrogen-bond donors (Lipinski definition) is 1. The Morgan fingerprint density at radius 1 is 1.17 bits per heavy atom. The van der Waals surface area contributed by atoms with Crippen molar-refractivity contribution in [2.24, 2.45) is 10.7 Å². The highest BCUT2D eigenvalue weighted by Gasteiger charge is 2.45. The molecule has 41 heavy (non-hydrogen) atoms. The van der Waals surface area contributed by atoms with Gasteiger partial charge in [-0.1, -0.05) is 23.7 Å². The molecule has 8 nitrogen and oxygen atoms in total. The van der Waals surface area contributed by atoms with Crippen LogP contribution in [0.4, 0.5) is 18.9 Å². The Labute approximate surface area is 240 Å². The van der Waals surface area contributed by atoms with E-state index in [9.17, 15) is 17.2 Å². The van der Waals surface area contributed by atoms with Crippen molar-refractivity contribution in [1.82, 2.24) is 10.2 Å². The number of benzene rings is 2. The van der Waals surface area contributed by atoms with Crippen LogP contribution in [0, 0.1) is 5.82 Å². The molecule has 13 heteroatoms. The minimum Gasteiger partial charge on any atom is -0.422 e. The number of halogens is 4. The summed E-state index contributed by atoms with van der Waals surface area (Å²) < 4.78 is 76.6. The fraction of sp³-hybridized carbons (Fsp3) is 0.393. The standard InChI is InChI=1S/C28H27ClF3N5O3S/c29-19-6-4-17(5-7-19)14-37-15-20(33)16-41(38,39)24-12-22(30)21(11-23(24)37)28(9-2-10-34-28)26-36-35-25(40-26)18-3-1-8-27(31,32)13-18/h2,4-7,9-12,18,20H,1,3,8,13-16,33H2/t18?,20-,28?/m1/s1. The van der Waals surface area contributed by atoms with Crippen LogP contribution in [0.1, 0.15) is 54.5 Å². The molecular weight excluding hydrogens is 579 g/mol. The summed E-state index contributed by atoms with van der Waals surface area (Å²) in [5.74, 6) is -4.71. The van der Waals surface area contributed by atoms with Crippen molar-refractivity contribution in [3.63, 3.8) is 0 Å². The number of allylic oxidation sites excluding steroid dienone is 1.